The maximum atomic E-state index is 5.74. The molecule has 2 aromatic heterocycles. The molecular formula is C16H19N5. The number of benzene rings is 1. The summed E-state index contributed by atoms with van der Waals surface area (Å²) in [6.07, 6.45) is 5.48. The number of nitrogens with one attached hydrogen (secondary N) is 1. The van der Waals surface area contributed by atoms with E-state index in [1.807, 2.05) is 42.3 Å². The first-order valence-corrected chi connectivity index (χ1v) is 7.05. The summed E-state index contributed by atoms with van der Waals surface area (Å²) in [5.41, 5.74) is 6.31. The number of hydrazine groups is 1. The minimum absolute atomic E-state index is 0.115. The molecule has 1 aromatic carbocycles. The van der Waals surface area contributed by atoms with E-state index in [4.69, 9.17) is 5.84 Å². The Morgan fingerprint density at radius 1 is 1.24 bits per heavy atom. The van der Waals surface area contributed by atoms with Crippen LogP contribution in [0.4, 0.5) is 0 Å². The van der Waals surface area contributed by atoms with Crippen molar-refractivity contribution in [3.8, 4) is 0 Å². The lowest BCUT2D eigenvalue weighted by Gasteiger charge is -2.17. The predicted molar refractivity (Wildman–Crippen MR) is 83.3 cm³/mol. The Hall–Kier alpha value is -2.24. The Kier molecular flexibility index (Phi) is 3.94. The molecule has 21 heavy (non-hydrogen) atoms. The molecular weight excluding hydrogens is 262 g/mol. The molecule has 3 aromatic rings. The molecule has 3 N–H and O–H groups in total. The quantitative estimate of drug-likeness (QED) is 0.555. The predicted octanol–water partition coefficient (Wildman–Crippen LogP) is 2.11. The fraction of sp³-hybridized carbons (Fsp3) is 0.250. The first-order valence-electron chi connectivity index (χ1n) is 7.05. The number of aryl methyl sites for hydroxylation is 2. The molecule has 1 atom stereocenters. The molecule has 0 aliphatic rings. The topological polar surface area (TPSA) is 68.8 Å². The monoisotopic (exact) mass is 281 g/mol. The smallest absolute Gasteiger partial charge is 0.0702 e. The van der Waals surface area contributed by atoms with Gasteiger partial charge in [0.05, 0.1) is 5.52 Å². The van der Waals surface area contributed by atoms with Gasteiger partial charge in [-0.2, -0.15) is 5.10 Å². The average molecular weight is 281 g/mol. The third-order valence-corrected chi connectivity index (χ3v) is 3.84. The van der Waals surface area contributed by atoms with Crippen LogP contribution in [0.2, 0.25) is 0 Å². The van der Waals surface area contributed by atoms with E-state index < -0.39 is 0 Å². The van der Waals surface area contributed by atoms with Crippen molar-refractivity contribution in [2.75, 3.05) is 0 Å². The molecule has 0 bridgehead atoms. The molecule has 0 fully saturated rings. The summed E-state index contributed by atoms with van der Waals surface area (Å²) >= 11 is 0. The number of rotatable bonds is 5. The third kappa shape index (κ3) is 2.94. The zero-order valence-corrected chi connectivity index (χ0v) is 12.0. The average Bonchev–Trinajstić information content (AvgIpc) is 2.93. The van der Waals surface area contributed by atoms with Gasteiger partial charge in [-0.05, 0) is 42.7 Å². The number of nitrogens with zero attached hydrogens (tertiary/aromatic N) is 3. The van der Waals surface area contributed by atoms with Crippen LogP contribution >= 0.6 is 0 Å². The van der Waals surface area contributed by atoms with Crippen molar-refractivity contribution in [2.45, 2.75) is 18.9 Å². The Labute approximate surface area is 123 Å². The first-order chi connectivity index (χ1) is 10.3. The van der Waals surface area contributed by atoms with Crippen LogP contribution in [-0.4, -0.2) is 14.8 Å². The van der Waals surface area contributed by atoms with Crippen molar-refractivity contribution < 1.29 is 0 Å². The summed E-state index contributed by atoms with van der Waals surface area (Å²) < 4.78 is 1.90. The van der Waals surface area contributed by atoms with Gasteiger partial charge in [-0.25, -0.2) is 0 Å². The molecule has 5 nitrogen and oxygen atoms in total. The number of hydrogen-bond acceptors (Lipinski definition) is 4. The molecule has 2 heterocycles. The van der Waals surface area contributed by atoms with Gasteiger partial charge in [-0.3, -0.25) is 20.9 Å². The molecule has 1 unspecified atom stereocenters. The summed E-state index contributed by atoms with van der Waals surface area (Å²) in [6.45, 7) is 0. The van der Waals surface area contributed by atoms with Crippen molar-refractivity contribution >= 4 is 10.9 Å². The fourth-order valence-electron chi connectivity index (χ4n) is 2.60. The van der Waals surface area contributed by atoms with Crippen molar-refractivity contribution in [1.29, 1.82) is 0 Å². The van der Waals surface area contributed by atoms with Gasteiger partial charge in [0.1, 0.15) is 0 Å². The molecule has 0 saturated carbocycles. The molecule has 0 aliphatic carbocycles. The number of nitrogens with two attached hydrogens (primary N) is 1. The zero-order chi connectivity index (χ0) is 14.7. The highest BCUT2D eigenvalue weighted by Crippen LogP contribution is 2.22. The molecule has 0 saturated heterocycles. The number of pyridine rings is 1. The second kappa shape index (κ2) is 6.03. The minimum atomic E-state index is 0.115. The van der Waals surface area contributed by atoms with Gasteiger partial charge in [0.2, 0.25) is 0 Å². The van der Waals surface area contributed by atoms with Crippen LogP contribution in [0.25, 0.3) is 10.9 Å². The van der Waals surface area contributed by atoms with Gasteiger partial charge in [0.15, 0.2) is 0 Å². The maximum Gasteiger partial charge on any atom is 0.0702 e. The van der Waals surface area contributed by atoms with E-state index in [1.54, 1.807) is 0 Å². The van der Waals surface area contributed by atoms with Crippen LogP contribution in [0.5, 0.6) is 0 Å². The van der Waals surface area contributed by atoms with Gasteiger partial charge in [-0.15, -0.1) is 0 Å². The highest BCUT2D eigenvalue weighted by Gasteiger charge is 2.11. The number of fused-ring (bicyclic) bond motifs is 1. The molecule has 5 heteroatoms. The highest BCUT2D eigenvalue weighted by molar-refractivity contribution is 5.79. The summed E-state index contributed by atoms with van der Waals surface area (Å²) in [5.74, 6) is 5.74. The van der Waals surface area contributed by atoms with Crippen LogP contribution in [0.1, 0.15) is 23.7 Å². The van der Waals surface area contributed by atoms with E-state index in [0.29, 0.717) is 0 Å². The Morgan fingerprint density at radius 3 is 2.90 bits per heavy atom. The van der Waals surface area contributed by atoms with Gasteiger partial charge in [0, 0.05) is 36.6 Å². The van der Waals surface area contributed by atoms with Crippen LogP contribution in [-0.2, 0) is 13.5 Å². The molecule has 0 spiro atoms. The normalized spacial score (nSPS) is 12.7. The highest BCUT2D eigenvalue weighted by atomic mass is 15.3. The molecule has 3 rings (SSSR count). The van der Waals surface area contributed by atoms with Crippen molar-refractivity contribution in [3.63, 3.8) is 0 Å². The van der Waals surface area contributed by atoms with Crippen molar-refractivity contribution in [2.24, 2.45) is 12.9 Å². The van der Waals surface area contributed by atoms with Crippen LogP contribution < -0.4 is 11.3 Å². The maximum absolute atomic E-state index is 5.74. The van der Waals surface area contributed by atoms with Gasteiger partial charge < -0.3 is 0 Å². The second-order valence-corrected chi connectivity index (χ2v) is 5.16. The summed E-state index contributed by atoms with van der Waals surface area (Å²) in [7, 11) is 1.96. The summed E-state index contributed by atoms with van der Waals surface area (Å²) in [6, 6.07) is 12.5. The third-order valence-electron chi connectivity index (χ3n) is 3.84. The summed E-state index contributed by atoms with van der Waals surface area (Å²) in [4.78, 5) is 4.34. The zero-order valence-electron chi connectivity index (χ0n) is 12.0. The Morgan fingerprint density at radius 2 is 2.14 bits per heavy atom. The van der Waals surface area contributed by atoms with Crippen molar-refractivity contribution in [3.05, 3.63) is 60.0 Å². The minimum Gasteiger partial charge on any atom is -0.273 e. The Bertz CT molecular complexity index is 734. The molecule has 0 radical (unpaired) electrons. The van der Waals surface area contributed by atoms with Gasteiger partial charge in [-0.1, -0.05) is 12.1 Å². The molecule has 0 amide bonds. The van der Waals surface area contributed by atoms with Gasteiger partial charge >= 0.3 is 0 Å². The van der Waals surface area contributed by atoms with E-state index in [1.165, 1.54) is 11.3 Å². The SMILES string of the molecule is Cn1nccc1CCC(NN)c1ccc2ncccc2c1. The largest absolute Gasteiger partial charge is 0.273 e. The second-order valence-electron chi connectivity index (χ2n) is 5.16. The fourth-order valence-corrected chi connectivity index (χ4v) is 2.60. The lowest BCUT2D eigenvalue weighted by molar-refractivity contribution is 0.507. The molecule has 108 valence electrons. The Balaban J connectivity index is 1.79. The van der Waals surface area contributed by atoms with Crippen LogP contribution in [0.3, 0.4) is 0 Å². The number of hydrogen-bond donors (Lipinski definition) is 2. The lowest BCUT2D eigenvalue weighted by Crippen LogP contribution is -2.28. The van der Waals surface area contributed by atoms with E-state index in [2.05, 4.69) is 33.7 Å². The van der Waals surface area contributed by atoms with E-state index in [0.717, 1.165) is 23.7 Å². The van der Waals surface area contributed by atoms with Crippen LogP contribution in [0, 0.1) is 0 Å². The van der Waals surface area contributed by atoms with Crippen molar-refractivity contribution in [1.82, 2.24) is 20.2 Å². The lowest BCUT2D eigenvalue weighted by atomic mass is 10.00. The van der Waals surface area contributed by atoms with E-state index in [-0.39, 0.29) is 6.04 Å². The number of aromatic nitrogens is 3. The standard InChI is InChI=1S/C16H19N5/c1-21-14(8-10-19-21)5-7-16(20-17)13-4-6-15-12(11-13)3-2-9-18-15/h2-4,6,8-11,16,20H,5,7,17H2,1H3. The van der Waals surface area contributed by atoms with Gasteiger partial charge in [0.25, 0.3) is 0 Å². The van der Waals surface area contributed by atoms with E-state index in [9.17, 15) is 0 Å². The summed E-state index contributed by atoms with van der Waals surface area (Å²) in [5, 5.41) is 5.33. The molecule has 0 aliphatic heterocycles. The first kappa shape index (κ1) is 13.7. The van der Waals surface area contributed by atoms with E-state index >= 15 is 0 Å². The van der Waals surface area contributed by atoms with Crippen LogP contribution in [0.15, 0.2) is 48.8 Å².